The lowest BCUT2D eigenvalue weighted by Crippen LogP contribution is -2.63. The van der Waals surface area contributed by atoms with Crippen molar-refractivity contribution in [2.75, 3.05) is 32.8 Å². The third-order valence-corrected chi connectivity index (χ3v) is 13.3. The summed E-state index contributed by atoms with van der Waals surface area (Å²) in [7, 11) is 0. The first-order chi connectivity index (χ1) is 36.4. The van der Waals surface area contributed by atoms with E-state index in [0.29, 0.717) is 30.4 Å². The van der Waals surface area contributed by atoms with E-state index in [4.69, 9.17) is 5.73 Å². The number of phenols is 2. The molecule has 2 aromatic rings. The molecule has 2 aliphatic rings. The summed E-state index contributed by atoms with van der Waals surface area (Å²) in [6, 6.07) is -1.95. The zero-order valence-corrected chi connectivity index (χ0v) is 43.2. The Kier molecular flexibility index (Phi) is 23.5. The van der Waals surface area contributed by atoms with Crippen LogP contribution in [0.4, 0.5) is 0 Å². The van der Waals surface area contributed by atoms with Gasteiger partial charge >= 0.3 is 5.97 Å². The summed E-state index contributed by atoms with van der Waals surface area (Å²) in [5.74, 6) is -10.4. The van der Waals surface area contributed by atoms with E-state index in [2.05, 4.69) is 37.2 Å². The van der Waals surface area contributed by atoms with Crippen LogP contribution >= 0.6 is 0 Å². The number of aliphatic carboxylic acids is 1. The molecule has 2 fully saturated rings. The largest absolute Gasteiger partial charge is 0.508 e. The number of amides is 9. The summed E-state index contributed by atoms with van der Waals surface area (Å²) in [5, 5.41) is 86.3. The van der Waals surface area contributed by atoms with Crippen LogP contribution < -0.4 is 43.0 Å². The van der Waals surface area contributed by atoms with Gasteiger partial charge in [0.05, 0.1) is 32.0 Å². The maximum Gasteiger partial charge on any atom is 0.328 e. The third kappa shape index (κ3) is 17.5. The molecular formula is C50H72N10O17. The van der Waals surface area contributed by atoms with Gasteiger partial charge in [0, 0.05) is 25.9 Å². The number of carbonyl (C=O) groups excluding carboxylic acids is 9. The van der Waals surface area contributed by atoms with E-state index in [-0.39, 0.29) is 50.3 Å². The number of phenolic OH excluding ortho intramolecular Hbond substituents is 2. The van der Waals surface area contributed by atoms with Gasteiger partial charge in [-0.1, -0.05) is 44.5 Å². The molecule has 0 aliphatic carbocycles. The number of aliphatic hydroxyl groups is 4. The van der Waals surface area contributed by atoms with Gasteiger partial charge in [-0.2, -0.15) is 0 Å². The van der Waals surface area contributed by atoms with Crippen molar-refractivity contribution in [1.82, 2.24) is 47.0 Å². The van der Waals surface area contributed by atoms with Crippen molar-refractivity contribution in [1.29, 1.82) is 0 Å². The lowest BCUT2D eigenvalue weighted by molar-refractivity contribution is -0.148. The van der Waals surface area contributed by atoms with Crippen molar-refractivity contribution in [2.24, 2.45) is 11.7 Å². The molecule has 0 spiro atoms. The second kappa shape index (κ2) is 29.2. The van der Waals surface area contributed by atoms with Gasteiger partial charge in [0.15, 0.2) is 0 Å². The number of benzene rings is 2. The van der Waals surface area contributed by atoms with Crippen molar-refractivity contribution in [3.05, 3.63) is 59.7 Å². The van der Waals surface area contributed by atoms with Gasteiger partial charge in [0.25, 0.3) is 0 Å². The summed E-state index contributed by atoms with van der Waals surface area (Å²) in [4.78, 5) is 137. The van der Waals surface area contributed by atoms with Gasteiger partial charge in [0.1, 0.15) is 65.9 Å². The molecule has 0 unspecified atom stereocenters. The second-order valence-electron chi connectivity index (χ2n) is 19.2. The molecule has 27 nitrogen and oxygen atoms in total. The maximum absolute atomic E-state index is 14.0. The number of likely N-dealkylation sites (tertiary alicyclic amines) is 2. The Morgan fingerprint density at radius 2 is 1.06 bits per heavy atom. The Balaban J connectivity index is 1.50. The fraction of sp³-hybridized carbons (Fsp3) is 0.560. The van der Waals surface area contributed by atoms with Gasteiger partial charge in [-0.05, 0) is 80.8 Å². The highest BCUT2D eigenvalue weighted by Crippen LogP contribution is 2.26. The van der Waals surface area contributed by atoms with Gasteiger partial charge in [-0.25, -0.2) is 4.79 Å². The smallest absolute Gasteiger partial charge is 0.328 e. The number of nitrogens with one attached hydrogen (secondary N) is 7. The van der Waals surface area contributed by atoms with Crippen LogP contribution in [0.25, 0.3) is 0 Å². The van der Waals surface area contributed by atoms with Gasteiger partial charge in [0.2, 0.25) is 53.2 Å². The fourth-order valence-corrected chi connectivity index (χ4v) is 8.73. The fourth-order valence-electron chi connectivity index (χ4n) is 8.73. The predicted octanol–water partition coefficient (Wildman–Crippen LogP) is -4.91. The van der Waals surface area contributed by atoms with E-state index >= 15 is 0 Å². The quantitative estimate of drug-likeness (QED) is 0.0399. The number of hydrogen-bond donors (Lipinski definition) is 15. The monoisotopic (exact) mass is 1080 g/mol. The van der Waals surface area contributed by atoms with Crippen LogP contribution in [0.5, 0.6) is 11.5 Å². The van der Waals surface area contributed by atoms with Crippen molar-refractivity contribution in [3.8, 4) is 11.5 Å². The van der Waals surface area contributed by atoms with Crippen LogP contribution in [0.3, 0.4) is 0 Å². The molecule has 424 valence electrons. The molecule has 2 aliphatic heterocycles. The Hall–Kier alpha value is -7.46. The van der Waals surface area contributed by atoms with Gasteiger partial charge in [-0.3, -0.25) is 43.2 Å². The Morgan fingerprint density at radius 3 is 1.57 bits per heavy atom. The van der Waals surface area contributed by atoms with Crippen LogP contribution in [0.1, 0.15) is 70.9 Å². The molecule has 77 heavy (non-hydrogen) atoms. The number of hydrogen-bond acceptors (Lipinski definition) is 17. The number of aliphatic hydroxyl groups excluding tert-OH is 4. The number of carbonyl (C=O) groups is 10. The van der Waals surface area contributed by atoms with E-state index in [1.54, 1.807) is 13.8 Å². The minimum Gasteiger partial charge on any atom is -0.508 e. The first kappa shape index (κ1) is 62.1. The number of nitrogens with zero attached hydrogens (tertiary/aromatic N) is 2. The van der Waals surface area contributed by atoms with E-state index < -0.39 is 151 Å². The van der Waals surface area contributed by atoms with E-state index in [0.717, 1.165) is 6.92 Å². The molecule has 27 heteroatoms. The minimum absolute atomic E-state index is 0.103. The van der Waals surface area contributed by atoms with Crippen molar-refractivity contribution >= 4 is 59.1 Å². The summed E-state index contributed by atoms with van der Waals surface area (Å²) >= 11 is 0. The average Bonchev–Trinajstić information content (AvgIpc) is 4.11. The van der Waals surface area contributed by atoms with E-state index in [1.807, 2.05) is 0 Å². The van der Waals surface area contributed by atoms with Gasteiger partial charge in [-0.15, -0.1) is 0 Å². The molecule has 9 amide bonds. The first-order valence-corrected chi connectivity index (χ1v) is 25.2. The standard InChI is InChI=1S/C50H72N10O17/c1-5-25(2)39(45(71)55-35(24-62)50(76)77)56-43(69)34(21-29-12-16-31(66)17-13-29)53-38(67)22-52-42(68)33(20-28-10-14-30(65)15-11-28)54-46(72)40(26(3)63)58-47(73)41(27(4)64)57-44(70)36-8-6-18-59(36)49(75)37-9-7-19-60(37)48(74)32(51)23-61/h10-17,25-27,32-37,39-41,61-66H,5-9,18-24,51H2,1-4H3,(H,52,68)(H,53,67)(H,54,72)(H,55,71)(H,56,69)(H,57,70)(H,58,73)(H,76,77)/t25-,26+,27+,32-,33-,34-,35-,36-,37-,39-,40-,41-/m0/s1. The molecule has 0 radical (unpaired) electrons. The molecule has 0 aromatic heterocycles. The summed E-state index contributed by atoms with van der Waals surface area (Å²) in [6.45, 7) is 3.55. The van der Waals surface area contributed by atoms with Crippen LogP contribution in [0.2, 0.25) is 0 Å². The molecule has 0 bridgehead atoms. The van der Waals surface area contributed by atoms with Crippen molar-refractivity contribution in [2.45, 2.75) is 139 Å². The zero-order valence-electron chi connectivity index (χ0n) is 43.2. The number of rotatable bonds is 27. The molecule has 2 heterocycles. The van der Waals surface area contributed by atoms with Crippen molar-refractivity contribution < 1.29 is 83.7 Å². The molecule has 16 N–H and O–H groups in total. The van der Waals surface area contributed by atoms with Crippen LogP contribution in [0.15, 0.2) is 48.5 Å². The third-order valence-electron chi connectivity index (χ3n) is 13.3. The van der Waals surface area contributed by atoms with Crippen LogP contribution in [-0.4, -0.2) is 204 Å². The minimum atomic E-state index is -1.85. The maximum atomic E-state index is 14.0. The Morgan fingerprint density at radius 1 is 0.597 bits per heavy atom. The molecular weight excluding hydrogens is 1010 g/mol. The van der Waals surface area contributed by atoms with E-state index in [1.165, 1.54) is 65.3 Å². The van der Waals surface area contributed by atoms with E-state index in [9.17, 15) is 83.7 Å². The molecule has 2 saturated heterocycles. The normalized spacial score (nSPS) is 19.1. The average molecular weight is 1090 g/mol. The highest BCUT2D eigenvalue weighted by Gasteiger charge is 2.44. The summed E-state index contributed by atoms with van der Waals surface area (Å²) in [5.41, 5.74) is 6.55. The number of carboxylic acids is 1. The molecule has 4 rings (SSSR count). The highest BCUT2D eigenvalue weighted by atomic mass is 16.4. The van der Waals surface area contributed by atoms with Crippen LogP contribution in [0, 0.1) is 5.92 Å². The second-order valence-corrected chi connectivity index (χ2v) is 19.2. The Labute approximate surface area is 443 Å². The topological polar surface area (TPSA) is 429 Å². The number of nitrogens with two attached hydrogens (primary N) is 1. The molecule has 0 saturated carbocycles. The van der Waals surface area contributed by atoms with Crippen molar-refractivity contribution in [3.63, 3.8) is 0 Å². The first-order valence-electron chi connectivity index (χ1n) is 25.2. The molecule has 2 aromatic carbocycles. The number of aromatic hydroxyl groups is 2. The Bertz CT molecular complexity index is 2410. The SMILES string of the molecule is CC[C@H](C)[C@H](NC(=O)[C@H](Cc1ccc(O)cc1)NC(=O)CNC(=O)[C@H](Cc1ccc(O)cc1)NC(=O)[C@@H](NC(=O)[C@@H](NC(=O)[C@@H]1CCCN1C(=O)[C@@H]1CCCN1C(=O)[C@@H](N)CO)[C@@H](C)O)[C@@H](C)O)C(=O)N[C@@H](CO)C(=O)O. The van der Waals surface area contributed by atoms with Gasteiger partial charge < -0.3 is 88.5 Å². The predicted molar refractivity (Wildman–Crippen MR) is 270 cm³/mol. The lowest BCUT2D eigenvalue weighted by atomic mass is 9.96. The number of carboxylic acid groups (broad SMARTS) is 1. The highest BCUT2D eigenvalue weighted by molar-refractivity contribution is 5.98. The summed E-state index contributed by atoms with van der Waals surface area (Å²) < 4.78 is 0. The molecule has 12 atom stereocenters. The summed E-state index contributed by atoms with van der Waals surface area (Å²) in [6.07, 6.45) is -2.19. The lowest BCUT2D eigenvalue weighted by Gasteiger charge is -2.33. The van der Waals surface area contributed by atoms with Crippen LogP contribution in [-0.2, 0) is 60.8 Å². The zero-order chi connectivity index (χ0) is 57.3.